The van der Waals surface area contributed by atoms with Crippen molar-refractivity contribution < 1.29 is 14.3 Å². The molecule has 0 aromatic rings. The molecule has 1 atom stereocenters. The van der Waals surface area contributed by atoms with Crippen molar-refractivity contribution in [2.45, 2.75) is 71.4 Å². The average Bonchev–Trinajstić information content (AvgIpc) is 2.65. The number of carbonyl (C=O) groups excluding carboxylic acids is 2. The highest BCUT2D eigenvalue weighted by Gasteiger charge is 2.48. The lowest BCUT2D eigenvalue weighted by Crippen LogP contribution is -2.47. The summed E-state index contributed by atoms with van der Waals surface area (Å²) in [5.74, 6) is 0.185. The summed E-state index contributed by atoms with van der Waals surface area (Å²) in [5, 5.41) is 3.12. The molecule has 0 saturated carbocycles. The highest BCUT2D eigenvalue weighted by atomic mass is 16.6. The summed E-state index contributed by atoms with van der Waals surface area (Å²) in [6.07, 6.45) is 4.29. The molecule has 0 aliphatic carbocycles. The van der Waals surface area contributed by atoms with E-state index in [1.807, 2.05) is 20.8 Å². The van der Waals surface area contributed by atoms with E-state index >= 15 is 0 Å². The summed E-state index contributed by atoms with van der Waals surface area (Å²) in [6.45, 7) is 8.98. The van der Waals surface area contributed by atoms with Crippen LogP contribution in [0.15, 0.2) is 0 Å². The lowest BCUT2D eigenvalue weighted by Gasteiger charge is -2.38. The third kappa shape index (κ3) is 3.69. The minimum Gasteiger partial charge on any atom is -0.444 e. The zero-order chi connectivity index (χ0) is 15.7. The molecule has 5 nitrogen and oxygen atoms in total. The molecule has 2 aliphatic heterocycles. The van der Waals surface area contributed by atoms with E-state index in [-0.39, 0.29) is 17.4 Å². The SMILES string of the molecule is CCCC1CC2(CCN(C(=O)OC(C)(C)C)CC2)C(=O)N1. The second-order valence-electron chi connectivity index (χ2n) is 7.41. The molecule has 0 radical (unpaired) electrons. The zero-order valence-electron chi connectivity index (χ0n) is 13.7. The zero-order valence-corrected chi connectivity index (χ0v) is 13.7. The Morgan fingerprint density at radius 3 is 2.52 bits per heavy atom. The van der Waals surface area contributed by atoms with E-state index in [1.165, 1.54) is 0 Å². The Balaban J connectivity index is 1.91. The van der Waals surface area contributed by atoms with Crippen LogP contribution in [0.2, 0.25) is 0 Å². The molecule has 0 bridgehead atoms. The monoisotopic (exact) mass is 296 g/mol. The van der Waals surface area contributed by atoms with Crippen LogP contribution in [0.5, 0.6) is 0 Å². The van der Waals surface area contributed by atoms with E-state index in [4.69, 9.17) is 4.74 Å². The van der Waals surface area contributed by atoms with Crippen molar-refractivity contribution in [1.82, 2.24) is 10.2 Å². The fourth-order valence-corrected chi connectivity index (χ4v) is 3.35. The topological polar surface area (TPSA) is 58.6 Å². The minimum atomic E-state index is -0.469. The first-order chi connectivity index (χ1) is 9.76. The van der Waals surface area contributed by atoms with Gasteiger partial charge in [-0.05, 0) is 46.5 Å². The summed E-state index contributed by atoms with van der Waals surface area (Å²) in [4.78, 5) is 26.1. The van der Waals surface area contributed by atoms with E-state index in [9.17, 15) is 9.59 Å². The van der Waals surface area contributed by atoms with Crippen LogP contribution in [-0.2, 0) is 9.53 Å². The molecule has 1 spiro atoms. The number of hydrogen-bond acceptors (Lipinski definition) is 3. The van der Waals surface area contributed by atoms with Crippen molar-refractivity contribution in [3.8, 4) is 0 Å². The first-order valence-electron chi connectivity index (χ1n) is 8.05. The maximum atomic E-state index is 12.3. The second-order valence-corrected chi connectivity index (χ2v) is 7.41. The third-order valence-electron chi connectivity index (χ3n) is 4.46. The number of carbonyl (C=O) groups is 2. The van der Waals surface area contributed by atoms with Gasteiger partial charge in [-0.2, -0.15) is 0 Å². The van der Waals surface area contributed by atoms with Gasteiger partial charge in [0.15, 0.2) is 0 Å². The normalized spacial score (nSPS) is 25.0. The van der Waals surface area contributed by atoms with Crippen molar-refractivity contribution in [2.75, 3.05) is 13.1 Å². The van der Waals surface area contributed by atoms with Gasteiger partial charge in [0.2, 0.25) is 5.91 Å². The maximum Gasteiger partial charge on any atom is 0.410 e. The summed E-state index contributed by atoms with van der Waals surface area (Å²) in [6, 6.07) is 0.315. The minimum absolute atomic E-state index is 0.185. The first-order valence-corrected chi connectivity index (χ1v) is 8.05. The van der Waals surface area contributed by atoms with Crippen LogP contribution in [0.25, 0.3) is 0 Å². The highest BCUT2D eigenvalue weighted by Crippen LogP contribution is 2.41. The van der Waals surface area contributed by atoms with Gasteiger partial charge in [-0.1, -0.05) is 13.3 Å². The molecule has 5 heteroatoms. The van der Waals surface area contributed by atoms with Crippen LogP contribution in [0.1, 0.15) is 59.8 Å². The fraction of sp³-hybridized carbons (Fsp3) is 0.875. The molecule has 2 rings (SSSR count). The number of rotatable bonds is 2. The van der Waals surface area contributed by atoms with E-state index < -0.39 is 5.60 Å². The molecule has 1 N–H and O–H groups in total. The van der Waals surface area contributed by atoms with Crippen molar-refractivity contribution in [3.05, 3.63) is 0 Å². The Kier molecular flexibility index (Phi) is 4.49. The molecule has 2 aliphatic rings. The van der Waals surface area contributed by atoms with Gasteiger partial charge < -0.3 is 15.0 Å². The largest absolute Gasteiger partial charge is 0.444 e. The predicted octanol–water partition coefficient (Wildman–Crippen LogP) is 2.69. The maximum absolute atomic E-state index is 12.3. The van der Waals surface area contributed by atoms with Crippen LogP contribution < -0.4 is 5.32 Å². The van der Waals surface area contributed by atoms with E-state index in [2.05, 4.69) is 12.2 Å². The fourth-order valence-electron chi connectivity index (χ4n) is 3.35. The van der Waals surface area contributed by atoms with Gasteiger partial charge in [-0.25, -0.2) is 4.79 Å². The van der Waals surface area contributed by atoms with Crippen molar-refractivity contribution in [3.63, 3.8) is 0 Å². The predicted molar refractivity (Wildman–Crippen MR) is 80.9 cm³/mol. The molecule has 120 valence electrons. The Morgan fingerprint density at radius 1 is 1.38 bits per heavy atom. The number of nitrogens with one attached hydrogen (secondary N) is 1. The summed E-state index contributed by atoms with van der Waals surface area (Å²) in [5.41, 5.74) is -0.721. The second kappa shape index (κ2) is 5.85. The lowest BCUT2D eigenvalue weighted by molar-refractivity contribution is -0.130. The Morgan fingerprint density at radius 2 is 2.00 bits per heavy atom. The summed E-state index contributed by atoms with van der Waals surface area (Å²) < 4.78 is 5.40. The van der Waals surface area contributed by atoms with Crippen LogP contribution in [-0.4, -0.2) is 41.6 Å². The quantitative estimate of drug-likeness (QED) is 0.852. The molecule has 2 amide bonds. The molecule has 2 heterocycles. The Bertz CT molecular complexity index is 406. The van der Waals surface area contributed by atoms with Crippen LogP contribution in [0.4, 0.5) is 4.79 Å². The highest BCUT2D eigenvalue weighted by molar-refractivity contribution is 5.85. The van der Waals surface area contributed by atoms with Gasteiger partial charge in [0.05, 0.1) is 5.41 Å². The number of nitrogens with zero attached hydrogens (tertiary/aromatic N) is 1. The Hall–Kier alpha value is -1.26. The van der Waals surface area contributed by atoms with Gasteiger partial charge in [-0.3, -0.25) is 4.79 Å². The van der Waals surface area contributed by atoms with Gasteiger partial charge in [0, 0.05) is 19.1 Å². The van der Waals surface area contributed by atoms with Crippen molar-refractivity contribution >= 4 is 12.0 Å². The molecule has 2 fully saturated rings. The smallest absolute Gasteiger partial charge is 0.410 e. The number of amides is 2. The van der Waals surface area contributed by atoms with Crippen LogP contribution in [0.3, 0.4) is 0 Å². The van der Waals surface area contributed by atoms with E-state index in [0.717, 1.165) is 32.1 Å². The molecular formula is C16H28N2O3. The molecule has 2 saturated heterocycles. The molecule has 0 aromatic heterocycles. The number of hydrogen-bond donors (Lipinski definition) is 1. The number of piperidine rings is 1. The lowest BCUT2D eigenvalue weighted by atomic mass is 9.75. The van der Waals surface area contributed by atoms with Crippen LogP contribution in [0, 0.1) is 5.41 Å². The standard InChI is InChI=1S/C16H28N2O3/c1-5-6-12-11-16(13(19)17-12)7-9-18(10-8-16)14(20)21-15(2,3)4/h12H,5-11H2,1-4H3,(H,17,19). The van der Waals surface area contributed by atoms with Gasteiger partial charge in [-0.15, -0.1) is 0 Å². The summed E-state index contributed by atoms with van der Waals surface area (Å²) in [7, 11) is 0. The van der Waals surface area contributed by atoms with Crippen molar-refractivity contribution in [2.24, 2.45) is 5.41 Å². The third-order valence-corrected chi connectivity index (χ3v) is 4.46. The number of ether oxygens (including phenoxy) is 1. The Labute approximate surface area is 127 Å². The van der Waals surface area contributed by atoms with Crippen LogP contribution >= 0.6 is 0 Å². The van der Waals surface area contributed by atoms with Gasteiger partial charge in [0.1, 0.15) is 5.60 Å². The number of likely N-dealkylation sites (tertiary alicyclic amines) is 1. The van der Waals surface area contributed by atoms with Crippen molar-refractivity contribution in [1.29, 1.82) is 0 Å². The molecule has 21 heavy (non-hydrogen) atoms. The molecule has 1 unspecified atom stereocenters. The molecular weight excluding hydrogens is 268 g/mol. The molecule has 0 aromatic carbocycles. The van der Waals surface area contributed by atoms with Gasteiger partial charge in [0.25, 0.3) is 0 Å². The van der Waals surface area contributed by atoms with E-state index in [0.29, 0.717) is 19.1 Å². The van der Waals surface area contributed by atoms with E-state index in [1.54, 1.807) is 4.90 Å². The first kappa shape index (κ1) is 16.1. The van der Waals surface area contributed by atoms with Gasteiger partial charge >= 0.3 is 6.09 Å². The average molecular weight is 296 g/mol. The summed E-state index contributed by atoms with van der Waals surface area (Å²) >= 11 is 0.